The zero-order chi connectivity index (χ0) is 15.2. The van der Waals surface area contributed by atoms with Gasteiger partial charge in [-0.1, -0.05) is 0 Å². The van der Waals surface area contributed by atoms with E-state index < -0.39 is 31.3 Å². The molecule has 2 aliphatic rings. The topological polar surface area (TPSA) is 0 Å². The average Bonchev–Trinajstić information content (AvgIpc) is 2.97. The summed E-state index contributed by atoms with van der Waals surface area (Å²) in [7, 11) is -1.13. The summed E-state index contributed by atoms with van der Waals surface area (Å²) in [6, 6.07) is 6.69. The van der Waals surface area contributed by atoms with E-state index in [4.69, 9.17) is 0 Å². The first-order valence-electron chi connectivity index (χ1n) is 7.50. The molecule has 2 aliphatic carbocycles. The van der Waals surface area contributed by atoms with Crippen molar-refractivity contribution in [1.29, 1.82) is 0 Å². The number of hydrogen-bond donors (Lipinski definition) is 0. The molecule has 0 saturated carbocycles. The van der Waals surface area contributed by atoms with E-state index in [0.717, 1.165) is 3.63 Å². The molecule has 3 rings (SSSR count). The Bertz CT molecular complexity index is 687. The first kappa shape index (κ1) is 21.6. The molecular formula is C18H21BrCl2SiZr. The molecule has 0 nitrogen and oxygen atoms in total. The van der Waals surface area contributed by atoms with Crippen LogP contribution in [0.25, 0.3) is 6.08 Å². The Labute approximate surface area is 173 Å². The minimum atomic E-state index is -1.13. The molecule has 122 valence electrons. The van der Waals surface area contributed by atoms with E-state index in [2.05, 4.69) is 78.9 Å². The fourth-order valence-electron chi connectivity index (χ4n) is 3.04. The Morgan fingerprint density at radius 1 is 1.13 bits per heavy atom. The van der Waals surface area contributed by atoms with Gasteiger partial charge in [0, 0.05) is 0 Å². The van der Waals surface area contributed by atoms with Crippen LogP contribution in [0.15, 0.2) is 48.9 Å². The number of benzene rings is 1. The molecule has 5 heteroatoms. The van der Waals surface area contributed by atoms with Gasteiger partial charge >= 0.3 is 150 Å². The van der Waals surface area contributed by atoms with Crippen LogP contribution in [0.1, 0.15) is 28.1 Å². The quantitative estimate of drug-likeness (QED) is 0.509. The van der Waals surface area contributed by atoms with Crippen molar-refractivity contribution in [2.75, 3.05) is 0 Å². The van der Waals surface area contributed by atoms with Gasteiger partial charge in [0.1, 0.15) is 0 Å². The molecule has 0 N–H and O–H groups in total. The molecule has 1 unspecified atom stereocenters. The van der Waals surface area contributed by atoms with Crippen molar-refractivity contribution in [3.8, 4) is 0 Å². The maximum atomic E-state index is 3.71. The summed E-state index contributed by atoms with van der Waals surface area (Å²) >= 11 is 3.13. The SMILES string of the molecule is CC1=Cc2c(Br)cccc2[CH]1[Zr+2][C]1=CC([Si](C)(C)C)=CC1.[Cl-].[Cl-]. The summed E-state index contributed by atoms with van der Waals surface area (Å²) in [5.74, 6) is 0. The zero-order valence-corrected chi connectivity index (χ0v) is 20.4. The molecule has 0 amide bonds. The summed E-state index contributed by atoms with van der Waals surface area (Å²) in [6.07, 6.45) is 8.71. The predicted octanol–water partition coefficient (Wildman–Crippen LogP) is 0.0890. The van der Waals surface area contributed by atoms with Crippen molar-refractivity contribution < 1.29 is 48.0 Å². The van der Waals surface area contributed by atoms with Gasteiger partial charge in [-0.05, 0) is 0 Å². The summed E-state index contributed by atoms with van der Waals surface area (Å²) in [5.41, 5.74) is 4.57. The van der Waals surface area contributed by atoms with Crippen molar-refractivity contribution in [2.24, 2.45) is 0 Å². The van der Waals surface area contributed by atoms with Gasteiger partial charge in [-0.2, -0.15) is 0 Å². The third-order valence-electron chi connectivity index (χ3n) is 4.29. The van der Waals surface area contributed by atoms with E-state index in [1.807, 2.05) is 0 Å². The van der Waals surface area contributed by atoms with Gasteiger partial charge in [0.25, 0.3) is 0 Å². The largest absolute Gasteiger partial charge is 1.00 e. The Morgan fingerprint density at radius 3 is 2.43 bits per heavy atom. The number of fused-ring (bicyclic) bond motifs is 1. The summed E-state index contributed by atoms with van der Waals surface area (Å²) < 4.78 is 3.77. The maximum absolute atomic E-state index is 3.71. The molecule has 0 aliphatic heterocycles. The predicted molar refractivity (Wildman–Crippen MR) is 94.7 cm³/mol. The number of rotatable bonds is 3. The van der Waals surface area contributed by atoms with Crippen LogP contribution < -0.4 is 24.8 Å². The van der Waals surface area contributed by atoms with Gasteiger partial charge in [-0.25, -0.2) is 0 Å². The standard InChI is InChI=1S/C10H8Br.C8H13Si.2ClH.Zr/c1-7-5-8-3-2-4-10(11)9(8)6-7;1-9(2,3)8-6-4-5-7-8;;;/h2-6H,1H3;6-7H,4H2,1-3H3;2*1H;/q;;;;+2/p-2. The van der Waals surface area contributed by atoms with Crippen LogP contribution in [-0.2, 0) is 23.2 Å². The molecule has 23 heavy (non-hydrogen) atoms. The van der Waals surface area contributed by atoms with E-state index in [1.165, 1.54) is 16.5 Å². The molecule has 1 atom stereocenters. The molecular weight excluding hydrogens is 486 g/mol. The Morgan fingerprint density at radius 2 is 1.83 bits per heavy atom. The van der Waals surface area contributed by atoms with Crippen LogP contribution in [0.4, 0.5) is 0 Å². The molecule has 0 aromatic heterocycles. The van der Waals surface area contributed by atoms with E-state index in [9.17, 15) is 0 Å². The first-order chi connectivity index (χ1) is 9.86. The maximum Gasteiger partial charge on any atom is -1.00 e. The first-order valence-corrected chi connectivity index (χ1v) is 14.4. The number of allylic oxidation sites excluding steroid dienone is 5. The Balaban J connectivity index is 0.00000132. The fourth-order valence-corrected chi connectivity index (χ4v) is 9.02. The van der Waals surface area contributed by atoms with Crippen molar-refractivity contribution >= 4 is 30.1 Å². The van der Waals surface area contributed by atoms with E-state index in [0.29, 0.717) is 0 Å². The monoisotopic (exact) mass is 504 g/mol. The van der Waals surface area contributed by atoms with Crippen LogP contribution in [0.2, 0.25) is 19.6 Å². The van der Waals surface area contributed by atoms with Gasteiger partial charge < -0.3 is 24.8 Å². The van der Waals surface area contributed by atoms with Crippen molar-refractivity contribution in [3.63, 3.8) is 0 Å². The minimum absolute atomic E-state index is 0. The van der Waals surface area contributed by atoms with E-state index >= 15 is 0 Å². The van der Waals surface area contributed by atoms with Gasteiger partial charge in [-0.3, -0.25) is 0 Å². The molecule has 0 spiro atoms. The van der Waals surface area contributed by atoms with Crippen molar-refractivity contribution in [1.82, 2.24) is 0 Å². The normalized spacial score (nSPS) is 18.8. The van der Waals surface area contributed by atoms with Crippen LogP contribution >= 0.6 is 15.9 Å². The summed E-state index contributed by atoms with van der Waals surface area (Å²) in [5, 5.41) is 1.67. The van der Waals surface area contributed by atoms with Crippen molar-refractivity contribution in [2.45, 2.75) is 36.6 Å². The average molecular weight is 507 g/mol. The van der Waals surface area contributed by atoms with E-state index in [-0.39, 0.29) is 24.8 Å². The zero-order valence-electron chi connectivity index (χ0n) is 13.9. The van der Waals surface area contributed by atoms with Crippen LogP contribution in [0.3, 0.4) is 0 Å². The van der Waals surface area contributed by atoms with Crippen LogP contribution in [-0.4, -0.2) is 8.07 Å². The molecule has 0 heterocycles. The van der Waals surface area contributed by atoms with Gasteiger partial charge in [0.2, 0.25) is 0 Å². The number of halogens is 3. The summed E-state index contributed by atoms with van der Waals surface area (Å²) in [4.78, 5) is 0. The van der Waals surface area contributed by atoms with E-state index in [1.54, 1.807) is 19.6 Å². The summed E-state index contributed by atoms with van der Waals surface area (Å²) in [6.45, 7) is 9.68. The molecule has 0 fully saturated rings. The molecule has 1 aromatic rings. The second-order valence-electron chi connectivity index (χ2n) is 6.99. The third kappa shape index (κ3) is 4.61. The molecule has 0 bridgehead atoms. The van der Waals surface area contributed by atoms with Gasteiger partial charge in [-0.15, -0.1) is 0 Å². The van der Waals surface area contributed by atoms with Gasteiger partial charge in [0.15, 0.2) is 0 Å². The fraction of sp³-hybridized carbons (Fsp3) is 0.333. The van der Waals surface area contributed by atoms with Crippen LogP contribution in [0, 0.1) is 0 Å². The third-order valence-corrected chi connectivity index (χ3v) is 11.4. The minimum Gasteiger partial charge on any atom is -1.00 e. The number of hydrogen-bond acceptors (Lipinski definition) is 0. The Kier molecular flexibility index (Phi) is 7.83. The van der Waals surface area contributed by atoms with Crippen molar-refractivity contribution in [3.05, 3.63) is 60.0 Å². The molecule has 1 aromatic carbocycles. The smallest absolute Gasteiger partial charge is 1.00 e. The molecule has 0 saturated heterocycles. The Hall–Kier alpha value is 0.600. The molecule has 0 radical (unpaired) electrons. The second-order valence-corrected chi connectivity index (χ2v) is 16.6. The second kappa shape index (κ2) is 8.32. The van der Waals surface area contributed by atoms with Crippen LogP contribution in [0.5, 0.6) is 0 Å². The van der Waals surface area contributed by atoms with Gasteiger partial charge in [0.05, 0.1) is 0 Å².